The van der Waals surface area contributed by atoms with Gasteiger partial charge >= 0.3 is 0 Å². The Balaban J connectivity index is 2.34. The molecule has 0 aliphatic heterocycles. The molecule has 2 heteroatoms. The van der Waals surface area contributed by atoms with Crippen LogP contribution in [-0.2, 0) is 6.54 Å². The molecule has 0 radical (unpaired) electrons. The lowest BCUT2D eigenvalue weighted by atomic mass is 10.0. The van der Waals surface area contributed by atoms with Crippen LogP contribution in [0.2, 0.25) is 0 Å². The molecule has 0 bridgehead atoms. The van der Waals surface area contributed by atoms with Crippen LogP contribution >= 0.6 is 0 Å². The van der Waals surface area contributed by atoms with E-state index < -0.39 is 0 Å². The van der Waals surface area contributed by atoms with Crippen molar-refractivity contribution in [1.29, 1.82) is 0 Å². The number of nitrogens with one attached hydrogen (secondary N) is 1. The molecule has 0 saturated heterocycles. The Morgan fingerprint density at radius 3 is 2.11 bits per heavy atom. The van der Waals surface area contributed by atoms with Gasteiger partial charge in [-0.25, -0.2) is 0 Å². The van der Waals surface area contributed by atoms with Crippen molar-refractivity contribution in [2.45, 2.75) is 46.2 Å². The first kappa shape index (κ1) is 15.0. The highest BCUT2D eigenvalue weighted by atomic mass is 15.1. The molecule has 1 unspecified atom stereocenters. The maximum absolute atomic E-state index is 3.59. The van der Waals surface area contributed by atoms with E-state index in [0.29, 0.717) is 6.04 Å². The van der Waals surface area contributed by atoms with Crippen LogP contribution in [0.3, 0.4) is 0 Å². The first-order chi connectivity index (χ1) is 8.49. The first-order valence-corrected chi connectivity index (χ1v) is 6.98. The van der Waals surface area contributed by atoms with Gasteiger partial charge in [0.05, 0.1) is 0 Å². The lowest BCUT2D eigenvalue weighted by Crippen LogP contribution is -2.25. The summed E-state index contributed by atoms with van der Waals surface area (Å²) in [6.07, 6.45) is 2.56. The van der Waals surface area contributed by atoms with E-state index in [1.54, 1.807) is 0 Å². The Hall–Kier alpha value is -1.02. The zero-order valence-electron chi connectivity index (χ0n) is 12.5. The fourth-order valence-corrected chi connectivity index (χ4v) is 1.89. The average Bonchev–Trinajstić information content (AvgIpc) is 2.34. The summed E-state index contributed by atoms with van der Waals surface area (Å²) < 4.78 is 0. The summed E-state index contributed by atoms with van der Waals surface area (Å²) in [5, 5.41) is 3.59. The quantitative estimate of drug-likeness (QED) is 0.792. The van der Waals surface area contributed by atoms with Crippen LogP contribution < -0.4 is 10.2 Å². The molecule has 0 aromatic heterocycles. The zero-order valence-corrected chi connectivity index (χ0v) is 12.5. The summed E-state index contributed by atoms with van der Waals surface area (Å²) >= 11 is 0. The summed E-state index contributed by atoms with van der Waals surface area (Å²) in [7, 11) is 4.14. The van der Waals surface area contributed by atoms with Crippen molar-refractivity contribution in [1.82, 2.24) is 5.32 Å². The normalized spacial score (nSPS) is 12.8. The van der Waals surface area contributed by atoms with Crippen molar-refractivity contribution in [2.75, 3.05) is 19.0 Å². The average molecular weight is 248 g/mol. The third kappa shape index (κ3) is 5.54. The van der Waals surface area contributed by atoms with E-state index in [0.717, 1.165) is 12.5 Å². The highest BCUT2D eigenvalue weighted by Crippen LogP contribution is 2.12. The number of rotatable bonds is 7. The molecule has 1 atom stereocenters. The highest BCUT2D eigenvalue weighted by molar-refractivity contribution is 5.45. The fourth-order valence-electron chi connectivity index (χ4n) is 1.89. The smallest absolute Gasteiger partial charge is 0.0361 e. The SMILES string of the molecule is CC(C)CCC(C)NCc1ccc(N(C)C)cc1. The van der Waals surface area contributed by atoms with Crippen LogP contribution in [0.25, 0.3) is 0 Å². The van der Waals surface area contributed by atoms with E-state index in [4.69, 9.17) is 0 Å². The zero-order chi connectivity index (χ0) is 13.5. The van der Waals surface area contributed by atoms with Crippen LogP contribution in [-0.4, -0.2) is 20.1 Å². The van der Waals surface area contributed by atoms with Gasteiger partial charge in [0.2, 0.25) is 0 Å². The number of nitrogens with zero attached hydrogens (tertiary/aromatic N) is 1. The fraction of sp³-hybridized carbons (Fsp3) is 0.625. The van der Waals surface area contributed by atoms with Gasteiger partial charge in [-0.15, -0.1) is 0 Å². The lowest BCUT2D eigenvalue weighted by molar-refractivity contribution is 0.451. The van der Waals surface area contributed by atoms with Crippen molar-refractivity contribution in [3.8, 4) is 0 Å². The van der Waals surface area contributed by atoms with Gasteiger partial charge in [-0.1, -0.05) is 26.0 Å². The second-order valence-electron chi connectivity index (χ2n) is 5.81. The molecule has 1 aromatic carbocycles. The van der Waals surface area contributed by atoms with Crippen LogP contribution in [0.15, 0.2) is 24.3 Å². The highest BCUT2D eigenvalue weighted by Gasteiger charge is 2.03. The molecule has 102 valence electrons. The van der Waals surface area contributed by atoms with Crippen LogP contribution in [0.4, 0.5) is 5.69 Å². The molecule has 1 rings (SSSR count). The Morgan fingerprint density at radius 2 is 1.61 bits per heavy atom. The maximum atomic E-state index is 3.59. The first-order valence-electron chi connectivity index (χ1n) is 6.98. The van der Waals surface area contributed by atoms with Crippen LogP contribution in [0.1, 0.15) is 39.2 Å². The Kier molecular flexibility index (Phi) is 6.20. The molecule has 0 aliphatic carbocycles. The number of hydrogen-bond acceptors (Lipinski definition) is 2. The molecule has 0 heterocycles. The van der Waals surface area contributed by atoms with Crippen molar-refractivity contribution >= 4 is 5.69 Å². The summed E-state index contributed by atoms with van der Waals surface area (Å²) in [6.45, 7) is 7.81. The van der Waals surface area contributed by atoms with E-state index in [9.17, 15) is 0 Å². The topological polar surface area (TPSA) is 15.3 Å². The molecule has 1 aromatic rings. The summed E-state index contributed by atoms with van der Waals surface area (Å²) in [5.41, 5.74) is 2.61. The maximum Gasteiger partial charge on any atom is 0.0361 e. The molecule has 0 saturated carbocycles. The van der Waals surface area contributed by atoms with E-state index in [2.05, 4.69) is 69.3 Å². The van der Waals surface area contributed by atoms with Crippen molar-refractivity contribution in [3.05, 3.63) is 29.8 Å². The van der Waals surface area contributed by atoms with Gasteiger partial charge in [0, 0.05) is 32.4 Å². The van der Waals surface area contributed by atoms with E-state index in [1.165, 1.54) is 24.1 Å². The van der Waals surface area contributed by atoms with Gasteiger partial charge in [-0.05, 0) is 43.4 Å². The number of benzene rings is 1. The Bertz CT molecular complexity index is 327. The minimum Gasteiger partial charge on any atom is -0.378 e. The minimum atomic E-state index is 0.598. The Labute approximate surface area is 112 Å². The standard InChI is InChI=1S/C16H28N2/c1-13(2)6-7-14(3)17-12-15-8-10-16(11-9-15)18(4)5/h8-11,13-14,17H,6-7,12H2,1-5H3. The van der Waals surface area contributed by atoms with Gasteiger partial charge in [0.25, 0.3) is 0 Å². The Morgan fingerprint density at radius 1 is 1.00 bits per heavy atom. The van der Waals surface area contributed by atoms with Gasteiger partial charge in [-0.3, -0.25) is 0 Å². The van der Waals surface area contributed by atoms with Crippen LogP contribution in [0.5, 0.6) is 0 Å². The third-order valence-electron chi connectivity index (χ3n) is 3.28. The molecule has 2 nitrogen and oxygen atoms in total. The molecule has 0 amide bonds. The number of hydrogen-bond donors (Lipinski definition) is 1. The second-order valence-corrected chi connectivity index (χ2v) is 5.81. The number of anilines is 1. The molecule has 0 spiro atoms. The van der Waals surface area contributed by atoms with E-state index in [1.807, 2.05) is 0 Å². The predicted octanol–water partition coefficient (Wildman–Crippen LogP) is 3.67. The predicted molar refractivity (Wildman–Crippen MR) is 81.1 cm³/mol. The van der Waals surface area contributed by atoms with E-state index in [-0.39, 0.29) is 0 Å². The largest absolute Gasteiger partial charge is 0.378 e. The second kappa shape index (κ2) is 7.42. The monoisotopic (exact) mass is 248 g/mol. The molecule has 1 N–H and O–H groups in total. The van der Waals surface area contributed by atoms with Crippen molar-refractivity contribution in [3.63, 3.8) is 0 Å². The summed E-state index contributed by atoms with van der Waals surface area (Å²) in [4.78, 5) is 2.13. The molecular weight excluding hydrogens is 220 g/mol. The van der Waals surface area contributed by atoms with Gasteiger partial charge < -0.3 is 10.2 Å². The van der Waals surface area contributed by atoms with Crippen molar-refractivity contribution < 1.29 is 0 Å². The van der Waals surface area contributed by atoms with Gasteiger partial charge in [0.15, 0.2) is 0 Å². The molecule has 0 aliphatic rings. The lowest BCUT2D eigenvalue weighted by Gasteiger charge is -2.16. The van der Waals surface area contributed by atoms with Gasteiger partial charge in [-0.2, -0.15) is 0 Å². The third-order valence-corrected chi connectivity index (χ3v) is 3.28. The summed E-state index contributed by atoms with van der Waals surface area (Å²) in [5.74, 6) is 0.800. The van der Waals surface area contributed by atoms with Crippen LogP contribution in [0, 0.1) is 5.92 Å². The summed E-state index contributed by atoms with van der Waals surface area (Å²) in [6, 6.07) is 9.36. The molecule has 18 heavy (non-hydrogen) atoms. The van der Waals surface area contributed by atoms with E-state index >= 15 is 0 Å². The molecular formula is C16H28N2. The van der Waals surface area contributed by atoms with Gasteiger partial charge in [0.1, 0.15) is 0 Å². The minimum absolute atomic E-state index is 0.598. The molecule has 0 fully saturated rings. The van der Waals surface area contributed by atoms with Crippen molar-refractivity contribution in [2.24, 2.45) is 5.92 Å².